The fourth-order valence-corrected chi connectivity index (χ4v) is 3.12. The smallest absolute Gasteiger partial charge is 0.258 e. The van der Waals surface area contributed by atoms with Gasteiger partial charge in [-0.05, 0) is 62.4 Å². The normalized spacial score (nSPS) is 11.2. The first kappa shape index (κ1) is 19.7. The maximum Gasteiger partial charge on any atom is 0.258 e. The molecule has 0 bridgehead atoms. The number of hydrogen-bond acceptors (Lipinski definition) is 4. The van der Waals surface area contributed by atoms with E-state index in [1.807, 2.05) is 13.8 Å². The Balaban J connectivity index is 2.29. The van der Waals surface area contributed by atoms with Crippen molar-refractivity contribution in [1.82, 2.24) is 0 Å². The third-order valence-corrected chi connectivity index (χ3v) is 4.88. The van der Waals surface area contributed by atoms with Crippen LogP contribution in [0.15, 0.2) is 66.1 Å². The van der Waals surface area contributed by atoms with Crippen molar-refractivity contribution in [3.8, 4) is 5.75 Å². The predicted molar refractivity (Wildman–Crippen MR) is 104 cm³/mol. The summed E-state index contributed by atoms with van der Waals surface area (Å²) in [6.45, 7) is 7.81. The molecular formula is C20H23NO4S. The molecule has 26 heavy (non-hydrogen) atoms. The topological polar surface area (TPSA) is 63.7 Å². The number of ether oxygens (including phenoxy) is 1. The van der Waals surface area contributed by atoms with E-state index >= 15 is 0 Å². The molecule has 0 atom stereocenters. The molecule has 2 aromatic rings. The van der Waals surface area contributed by atoms with Gasteiger partial charge in [0.05, 0.1) is 4.90 Å². The lowest BCUT2D eigenvalue weighted by Crippen LogP contribution is -2.37. The number of anilines is 1. The van der Waals surface area contributed by atoms with Crippen LogP contribution in [0.1, 0.15) is 24.2 Å². The van der Waals surface area contributed by atoms with Crippen LogP contribution in [0, 0.1) is 0 Å². The Hall–Kier alpha value is -2.60. The van der Waals surface area contributed by atoms with Gasteiger partial charge in [-0.15, -0.1) is 0 Å². The number of carbonyl (C=O) groups is 1. The third kappa shape index (κ3) is 4.73. The zero-order valence-electron chi connectivity index (χ0n) is 15.2. The van der Waals surface area contributed by atoms with Gasteiger partial charge in [-0.25, -0.2) is 8.42 Å². The van der Waals surface area contributed by atoms with Gasteiger partial charge < -0.3 is 9.64 Å². The second kappa shape index (κ2) is 8.19. The fourth-order valence-electron chi connectivity index (χ4n) is 2.49. The second-order valence-corrected chi connectivity index (χ2v) is 8.17. The average molecular weight is 373 g/mol. The molecule has 1 amide bonds. The Labute approximate surface area is 154 Å². The highest BCUT2D eigenvalue weighted by molar-refractivity contribution is 7.90. The first-order valence-electron chi connectivity index (χ1n) is 8.21. The monoisotopic (exact) mass is 373 g/mol. The van der Waals surface area contributed by atoms with Gasteiger partial charge in [-0.2, -0.15) is 0 Å². The first-order valence-corrected chi connectivity index (χ1v) is 10.1. The van der Waals surface area contributed by atoms with Crippen LogP contribution >= 0.6 is 0 Å². The van der Waals surface area contributed by atoms with Crippen molar-refractivity contribution in [3.05, 3.63) is 66.7 Å². The molecule has 0 heterocycles. The summed E-state index contributed by atoms with van der Waals surface area (Å²) in [5, 5.41) is 0. The van der Waals surface area contributed by atoms with Gasteiger partial charge in [0.25, 0.3) is 5.91 Å². The van der Waals surface area contributed by atoms with Gasteiger partial charge in [0, 0.05) is 23.5 Å². The highest BCUT2D eigenvalue weighted by Crippen LogP contribution is 2.23. The van der Waals surface area contributed by atoms with Gasteiger partial charge in [0.15, 0.2) is 9.84 Å². The van der Waals surface area contributed by atoms with E-state index in [-0.39, 0.29) is 16.8 Å². The van der Waals surface area contributed by atoms with Gasteiger partial charge in [0.2, 0.25) is 0 Å². The van der Waals surface area contributed by atoms with Crippen molar-refractivity contribution in [2.24, 2.45) is 0 Å². The van der Waals surface area contributed by atoms with Crippen molar-refractivity contribution < 1.29 is 17.9 Å². The van der Waals surface area contributed by atoms with Crippen LogP contribution in [0.4, 0.5) is 5.69 Å². The lowest BCUT2D eigenvalue weighted by Gasteiger charge is -2.27. The van der Waals surface area contributed by atoms with Crippen molar-refractivity contribution >= 4 is 21.4 Å². The minimum absolute atomic E-state index is 0.0942. The highest BCUT2D eigenvalue weighted by atomic mass is 32.2. The number of benzene rings is 2. The Morgan fingerprint density at radius 3 is 2.15 bits per heavy atom. The highest BCUT2D eigenvalue weighted by Gasteiger charge is 2.21. The molecule has 0 unspecified atom stereocenters. The first-order chi connectivity index (χ1) is 12.2. The number of rotatable bonds is 7. The molecule has 0 aliphatic heterocycles. The molecule has 0 saturated carbocycles. The van der Waals surface area contributed by atoms with Crippen LogP contribution in [0.2, 0.25) is 0 Å². The third-order valence-electron chi connectivity index (χ3n) is 3.75. The molecule has 2 rings (SSSR count). The lowest BCUT2D eigenvalue weighted by molar-refractivity contribution is 0.0980. The van der Waals surface area contributed by atoms with E-state index in [2.05, 4.69) is 6.58 Å². The molecule has 2 aromatic carbocycles. The molecule has 0 saturated heterocycles. The number of sulfone groups is 1. The molecule has 5 nitrogen and oxygen atoms in total. The minimum atomic E-state index is -3.27. The number of carbonyl (C=O) groups excluding carboxylic acids is 1. The van der Waals surface area contributed by atoms with Crippen molar-refractivity contribution in [2.45, 2.75) is 24.8 Å². The molecule has 0 N–H and O–H groups in total. The standard InChI is InChI=1S/C20H23NO4S/c1-5-14-25-18-10-6-16(7-11-18)20(22)21(15(2)3)17-8-12-19(13-9-17)26(4,23)24/h5-13,15H,1,14H2,2-4H3. The van der Waals surface area contributed by atoms with Gasteiger partial charge in [-0.1, -0.05) is 12.7 Å². The van der Waals surface area contributed by atoms with Crippen molar-refractivity contribution in [3.63, 3.8) is 0 Å². The molecular weight excluding hydrogens is 350 g/mol. The average Bonchev–Trinajstić information content (AvgIpc) is 2.60. The molecule has 0 aliphatic carbocycles. The second-order valence-electron chi connectivity index (χ2n) is 6.16. The van der Waals surface area contributed by atoms with E-state index in [9.17, 15) is 13.2 Å². The molecule has 0 radical (unpaired) electrons. The molecule has 138 valence electrons. The Bertz CT molecular complexity index is 869. The number of hydrogen-bond donors (Lipinski definition) is 0. The quantitative estimate of drug-likeness (QED) is 0.694. The van der Waals surface area contributed by atoms with Crippen molar-refractivity contribution in [2.75, 3.05) is 17.8 Å². The Morgan fingerprint density at radius 1 is 1.12 bits per heavy atom. The van der Waals surface area contributed by atoms with Crippen LogP contribution in [0.5, 0.6) is 5.75 Å². The summed E-state index contributed by atoms with van der Waals surface area (Å²) in [4.78, 5) is 14.8. The summed E-state index contributed by atoms with van der Waals surface area (Å²) in [5.41, 5.74) is 1.17. The molecule has 0 aromatic heterocycles. The van der Waals surface area contributed by atoms with Gasteiger partial charge in [0.1, 0.15) is 12.4 Å². The Kier molecular flexibility index (Phi) is 6.21. The fraction of sp³-hybridized carbons (Fsp3) is 0.250. The largest absolute Gasteiger partial charge is 0.490 e. The molecule has 0 fully saturated rings. The minimum Gasteiger partial charge on any atom is -0.490 e. The molecule has 0 spiro atoms. The van der Waals surface area contributed by atoms with E-state index in [1.54, 1.807) is 47.4 Å². The van der Waals surface area contributed by atoms with Gasteiger partial charge >= 0.3 is 0 Å². The molecule has 0 aliphatic rings. The maximum absolute atomic E-state index is 12.9. The van der Waals surface area contributed by atoms with Crippen LogP contribution in [0.3, 0.4) is 0 Å². The van der Waals surface area contributed by atoms with Crippen molar-refractivity contribution in [1.29, 1.82) is 0 Å². The van der Waals surface area contributed by atoms with E-state index in [0.717, 1.165) is 6.26 Å². The SMILES string of the molecule is C=CCOc1ccc(C(=O)N(c2ccc(S(C)(=O)=O)cc2)C(C)C)cc1. The predicted octanol–water partition coefficient (Wildman–Crippen LogP) is 3.71. The number of amides is 1. The van der Waals surface area contributed by atoms with Crippen LogP contribution in [-0.2, 0) is 9.84 Å². The summed E-state index contributed by atoms with van der Waals surface area (Å²) in [7, 11) is -3.27. The van der Waals surface area contributed by atoms with Crippen LogP contribution < -0.4 is 9.64 Å². The summed E-state index contributed by atoms with van der Waals surface area (Å²) in [5.74, 6) is 0.498. The van der Waals surface area contributed by atoms with Crippen LogP contribution in [0.25, 0.3) is 0 Å². The van der Waals surface area contributed by atoms with Crippen LogP contribution in [-0.4, -0.2) is 33.2 Å². The number of nitrogens with zero attached hydrogens (tertiary/aromatic N) is 1. The summed E-state index contributed by atoms with van der Waals surface area (Å²) in [6.07, 6.45) is 2.81. The Morgan fingerprint density at radius 2 is 1.69 bits per heavy atom. The van der Waals surface area contributed by atoms with E-state index in [1.165, 1.54) is 12.1 Å². The summed E-state index contributed by atoms with van der Waals surface area (Å²) >= 11 is 0. The van der Waals surface area contributed by atoms with E-state index < -0.39 is 9.84 Å². The zero-order chi connectivity index (χ0) is 19.3. The van der Waals surface area contributed by atoms with E-state index in [0.29, 0.717) is 23.6 Å². The summed E-state index contributed by atoms with van der Waals surface area (Å²) in [6, 6.07) is 13.1. The molecule has 6 heteroatoms. The van der Waals surface area contributed by atoms with Gasteiger partial charge in [-0.3, -0.25) is 4.79 Å². The zero-order valence-corrected chi connectivity index (χ0v) is 16.0. The van der Waals surface area contributed by atoms with E-state index in [4.69, 9.17) is 4.74 Å². The maximum atomic E-state index is 12.9. The summed E-state index contributed by atoms with van der Waals surface area (Å²) < 4.78 is 28.7. The lowest BCUT2D eigenvalue weighted by atomic mass is 10.1.